The molecule has 1 unspecified atom stereocenters. The molecule has 1 aliphatic rings. The lowest BCUT2D eigenvalue weighted by Gasteiger charge is -2.14. The molecule has 1 amide bonds. The van der Waals surface area contributed by atoms with E-state index in [4.69, 9.17) is 0 Å². The molecule has 0 aliphatic carbocycles. The van der Waals surface area contributed by atoms with E-state index in [0.29, 0.717) is 0 Å². The Kier molecular flexibility index (Phi) is 4.16. The minimum Gasteiger partial charge on any atom is -0.464 e. The van der Waals surface area contributed by atoms with Gasteiger partial charge in [-0.25, -0.2) is 14.8 Å². The minimum absolute atomic E-state index is 0.0178. The van der Waals surface area contributed by atoms with E-state index in [0.717, 1.165) is 6.20 Å². The Morgan fingerprint density at radius 1 is 1.48 bits per heavy atom. The molecule has 8 nitrogen and oxygen atoms in total. The lowest BCUT2D eigenvalue weighted by atomic mass is 10.1. The van der Waals surface area contributed by atoms with Gasteiger partial charge in [-0.05, 0) is 0 Å². The van der Waals surface area contributed by atoms with E-state index < -0.39 is 27.9 Å². The summed E-state index contributed by atoms with van der Waals surface area (Å²) in [6.45, 7) is 0.0359. The number of methoxy groups -OCH3 is 1. The summed E-state index contributed by atoms with van der Waals surface area (Å²) in [5.74, 6) is -2.20. The number of esters is 1. The number of carbonyl (C=O) groups is 2. The Bertz CT molecular complexity index is 661. The minimum atomic E-state index is -4.63. The summed E-state index contributed by atoms with van der Waals surface area (Å²) >= 11 is 0. The second-order valence-electron chi connectivity index (χ2n) is 4.53. The molecule has 2 heterocycles. The van der Waals surface area contributed by atoms with Crippen molar-refractivity contribution in [3.63, 3.8) is 0 Å². The standard InChI is InChI=1S/C11H12FN3O5S/c1-20-11(17)8-3-14-9(4-13-8)15-5-7(2-10(15)16)6-21(12,18)19/h3-4,7H,2,5-6H2,1H3. The first-order chi connectivity index (χ1) is 9.80. The van der Waals surface area contributed by atoms with E-state index in [1.807, 2.05) is 0 Å². The summed E-state index contributed by atoms with van der Waals surface area (Å²) < 4.78 is 38.3. The quantitative estimate of drug-likeness (QED) is 0.564. The number of anilines is 1. The number of hydrogen-bond acceptors (Lipinski definition) is 7. The van der Waals surface area contributed by atoms with Crippen molar-refractivity contribution in [2.75, 3.05) is 24.3 Å². The molecule has 0 bridgehead atoms. The Morgan fingerprint density at radius 2 is 2.19 bits per heavy atom. The topological polar surface area (TPSA) is 107 Å². The van der Waals surface area contributed by atoms with Gasteiger partial charge in [0.05, 0.1) is 25.3 Å². The van der Waals surface area contributed by atoms with Crippen molar-refractivity contribution >= 4 is 27.9 Å². The first-order valence-corrected chi connectivity index (χ1v) is 7.48. The second-order valence-corrected chi connectivity index (χ2v) is 5.94. The van der Waals surface area contributed by atoms with E-state index >= 15 is 0 Å². The molecule has 1 aromatic heterocycles. The monoisotopic (exact) mass is 317 g/mol. The van der Waals surface area contributed by atoms with Crippen molar-refractivity contribution in [1.82, 2.24) is 9.97 Å². The van der Waals surface area contributed by atoms with Crippen molar-refractivity contribution in [1.29, 1.82) is 0 Å². The number of amides is 1. The third-order valence-electron chi connectivity index (χ3n) is 2.95. The third kappa shape index (κ3) is 3.72. The molecule has 0 spiro atoms. The highest BCUT2D eigenvalue weighted by Gasteiger charge is 2.34. The normalized spacial score (nSPS) is 18.9. The van der Waals surface area contributed by atoms with Crippen LogP contribution >= 0.6 is 0 Å². The molecular weight excluding hydrogens is 305 g/mol. The van der Waals surface area contributed by atoms with Crippen LogP contribution in [0.25, 0.3) is 0 Å². The molecule has 0 N–H and O–H groups in total. The molecule has 1 aromatic rings. The van der Waals surface area contributed by atoms with E-state index in [-0.39, 0.29) is 30.4 Å². The summed E-state index contributed by atoms with van der Waals surface area (Å²) in [5.41, 5.74) is -0.0178. The van der Waals surface area contributed by atoms with Crippen molar-refractivity contribution in [2.24, 2.45) is 5.92 Å². The highest BCUT2D eigenvalue weighted by Crippen LogP contribution is 2.24. The molecule has 114 valence electrons. The van der Waals surface area contributed by atoms with Crippen molar-refractivity contribution in [2.45, 2.75) is 6.42 Å². The van der Waals surface area contributed by atoms with Crippen LogP contribution < -0.4 is 4.90 Å². The molecule has 1 atom stereocenters. The van der Waals surface area contributed by atoms with E-state index in [1.165, 1.54) is 18.2 Å². The number of ether oxygens (including phenoxy) is 1. The lowest BCUT2D eigenvalue weighted by molar-refractivity contribution is -0.117. The Hall–Kier alpha value is -2.10. The summed E-state index contributed by atoms with van der Waals surface area (Å²) in [4.78, 5) is 31.9. The Morgan fingerprint density at radius 3 is 2.71 bits per heavy atom. The van der Waals surface area contributed by atoms with E-state index in [1.54, 1.807) is 0 Å². The van der Waals surface area contributed by atoms with Crippen LogP contribution in [0, 0.1) is 5.92 Å². The van der Waals surface area contributed by atoms with Crippen LogP contribution in [-0.2, 0) is 19.8 Å². The van der Waals surface area contributed by atoms with Crippen LogP contribution in [0.15, 0.2) is 12.4 Å². The number of hydrogen-bond donors (Lipinski definition) is 0. The van der Waals surface area contributed by atoms with Crippen LogP contribution in [0.3, 0.4) is 0 Å². The van der Waals surface area contributed by atoms with Crippen LogP contribution in [0.2, 0.25) is 0 Å². The average Bonchev–Trinajstić information content (AvgIpc) is 2.76. The fourth-order valence-corrected chi connectivity index (χ4v) is 2.85. The van der Waals surface area contributed by atoms with Gasteiger partial charge in [-0.1, -0.05) is 0 Å². The molecule has 1 saturated heterocycles. The average molecular weight is 317 g/mol. The highest BCUT2D eigenvalue weighted by molar-refractivity contribution is 7.86. The maximum Gasteiger partial charge on any atom is 0.358 e. The van der Waals surface area contributed by atoms with Gasteiger partial charge >= 0.3 is 16.2 Å². The molecular formula is C11H12FN3O5S. The molecule has 1 aliphatic heterocycles. The number of aromatic nitrogens is 2. The summed E-state index contributed by atoms with van der Waals surface area (Å²) in [5, 5.41) is 0. The van der Waals surface area contributed by atoms with Crippen LogP contribution in [-0.4, -0.2) is 49.7 Å². The van der Waals surface area contributed by atoms with Gasteiger partial charge in [-0.15, -0.1) is 3.89 Å². The first-order valence-electron chi connectivity index (χ1n) is 5.93. The van der Waals surface area contributed by atoms with E-state index in [2.05, 4.69) is 14.7 Å². The molecule has 0 radical (unpaired) electrons. The van der Waals surface area contributed by atoms with Gasteiger partial charge in [0.1, 0.15) is 0 Å². The molecule has 21 heavy (non-hydrogen) atoms. The maximum atomic E-state index is 12.6. The van der Waals surface area contributed by atoms with Crippen molar-refractivity contribution < 1.29 is 26.6 Å². The van der Waals surface area contributed by atoms with Crippen molar-refractivity contribution in [3.05, 3.63) is 18.1 Å². The van der Waals surface area contributed by atoms with Gasteiger partial charge in [-0.2, -0.15) is 8.42 Å². The summed E-state index contributed by atoms with van der Waals surface area (Å²) in [7, 11) is -3.44. The second kappa shape index (κ2) is 5.72. The number of rotatable bonds is 4. The smallest absolute Gasteiger partial charge is 0.358 e. The number of halogens is 1. The van der Waals surface area contributed by atoms with Gasteiger partial charge in [0.25, 0.3) is 0 Å². The van der Waals surface area contributed by atoms with Gasteiger partial charge in [0.15, 0.2) is 11.5 Å². The fraction of sp³-hybridized carbons (Fsp3) is 0.455. The first kappa shape index (κ1) is 15.3. The number of nitrogens with zero attached hydrogens (tertiary/aromatic N) is 3. The van der Waals surface area contributed by atoms with Crippen LogP contribution in [0.1, 0.15) is 16.9 Å². The zero-order valence-electron chi connectivity index (χ0n) is 11.0. The highest BCUT2D eigenvalue weighted by atomic mass is 32.3. The molecule has 0 saturated carbocycles. The summed E-state index contributed by atoms with van der Waals surface area (Å²) in [6, 6.07) is 0. The summed E-state index contributed by atoms with van der Waals surface area (Å²) in [6.07, 6.45) is 2.27. The van der Waals surface area contributed by atoms with Crippen LogP contribution in [0.5, 0.6) is 0 Å². The van der Waals surface area contributed by atoms with Gasteiger partial charge in [0, 0.05) is 18.9 Å². The SMILES string of the molecule is COC(=O)c1cnc(N2CC(CS(=O)(=O)F)CC2=O)cn1. The third-order valence-corrected chi connectivity index (χ3v) is 3.82. The molecule has 1 fully saturated rings. The zero-order chi connectivity index (χ0) is 15.6. The number of carbonyl (C=O) groups excluding carboxylic acids is 2. The molecule has 2 rings (SSSR count). The largest absolute Gasteiger partial charge is 0.464 e. The lowest BCUT2D eigenvalue weighted by Crippen LogP contribution is -2.26. The fourth-order valence-electron chi connectivity index (χ4n) is 2.07. The molecule has 10 heteroatoms. The van der Waals surface area contributed by atoms with Gasteiger partial charge in [-0.3, -0.25) is 9.69 Å². The molecule has 0 aromatic carbocycles. The Balaban J connectivity index is 2.12. The van der Waals surface area contributed by atoms with Crippen molar-refractivity contribution in [3.8, 4) is 0 Å². The predicted octanol–water partition coefficient (Wildman–Crippen LogP) is -0.0846. The predicted molar refractivity (Wildman–Crippen MR) is 68.7 cm³/mol. The van der Waals surface area contributed by atoms with Gasteiger partial charge < -0.3 is 4.74 Å². The Labute approximate surface area is 120 Å². The van der Waals surface area contributed by atoms with Gasteiger partial charge in [0.2, 0.25) is 5.91 Å². The van der Waals surface area contributed by atoms with Crippen LogP contribution in [0.4, 0.5) is 9.70 Å². The maximum absolute atomic E-state index is 12.6. The van der Waals surface area contributed by atoms with E-state index in [9.17, 15) is 21.9 Å². The zero-order valence-corrected chi connectivity index (χ0v) is 11.8.